The van der Waals surface area contributed by atoms with Crippen molar-refractivity contribution < 1.29 is 18.9 Å². The van der Waals surface area contributed by atoms with Crippen molar-refractivity contribution in [2.24, 2.45) is 0 Å². The van der Waals surface area contributed by atoms with Gasteiger partial charge in [-0.05, 0) is 30.5 Å². The number of carbonyl (C=O) groups excluding carboxylic acids is 1. The fourth-order valence-corrected chi connectivity index (χ4v) is 2.54. The van der Waals surface area contributed by atoms with Crippen LogP contribution in [0.2, 0.25) is 0 Å². The highest BCUT2D eigenvalue weighted by Crippen LogP contribution is 2.26. The molecule has 122 valence electrons. The van der Waals surface area contributed by atoms with E-state index in [-0.39, 0.29) is 17.1 Å². The van der Waals surface area contributed by atoms with E-state index in [4.69, 9.17) is 9.15 Å². The van der Waals surface area contributed by atoms with Crippen LogP contribution in [0.3, 0.4) is 0 Å². The molecule has 0 bridgehead atoms. The van der Waals surface area contributed by atoms with Crippen molar-refractivity contribution in [1.29, 1.82) is 0 Å². The number of nitrogens with zero attached hydrogens (tertiary/aromatic N) is 3. The first-order chi connectivity index (χ1) is 11.5. The van der Waals surface area contributed by atoms with E-state index < -0.39 is 17.0 Å². The summed E-state index contributed by atoms with van der Waals surface area (Å²) in [5.41, 5.74) is 0.0996. The standard InChI is InChI=1S/C15H11N3O5S/c1-9(13-16-17-14(23-13)12-3-2-8-24-12)22-15(19)10-4-6-11(7-5-10)18(20)21/h2-9H,1H3/t9-/m0/s1. The van der Waals surface area contributed by atoms with Gasteiger partial charge in [-0.15, -0.1) is 21.5 Å². The first kappa shape index (κ1) is 15.8. The van der Waals surface area contributed by atoms with Crippen LogP contribution in [0.25, 0.3) is 10.8 Å². The molecule has 1 aromatic carbocycles. The fourth-order valence-electron chi connectivity index (χ4n) is 1.90. The third-order valence-corrected chi connectivity index (χ3v) is 3.98. The molecule has 0 saturated heterocycles. The molecule has 24 heavy (non-hydrogen) atoms. The first-order valence-corrected chi connectivity index (χ1v) is 7.75. The van der Waals surface area contributed by atoms with Crippen LogP contribution >= 0.6 is 11.3 Å². The summed E-state index contributed by atoms with van der Waals surface area (Å²) in [5, 5.41) is 20.3. The highest BCUT2D eigenvalue weighted by atomic mass is 32.1. The molecular weight excluding hydrogens is 334 g/mol. The Hall–Kier alpha value is -3.07. The molecular formula is C15H11N3O5S. The molecule has 0 N–H and O–H groups in total. The van der Waals surface area contributed by atoms with Crippen LogP contribution in [0.1, 0.15) is 29.3 Å². The summed E-state index contributed by atoms with van der Waals surface area (Å²) >= 11 is 1.46. The van der Waals surface area contributed by atoms with Gasteiger partial charge in [-0.2, -0.15) is 0 Å². The van der Waals surface area contributed by atoms with Gasteiger partial charge in [-0.1, -0.05) is 6.07 Å². The van der Waals surface area contributed by atoms with E-state index in [0.29, 0.717) is 5.89 Å². The molecule has 8 nitrogen and oxygen atoms in total. The molecule has 2 heterocycles. The third kappa shape index (κ3) is 3.30. The van der Waals surface area contributed by atoms with Gasteiger partial charge in [0.05, 0.1) is 15.4 Å². The van der Waals surface area contributed by atoms with Gasteiger partial charge >= 0.3 is 5.97 Å². The van der Waals surface area contributed by atoms with Gasteiger partial charge in [-0.25, -0.2) is 4.79 Å². The smallest absolute Gasteiger partial charge is 0.338 e. The first-order valence-electron chi connectivity index (χ1n) is 6.87. The monoisotopic (exact) mass is 345 g/mol. The maximum absolute atomic E-state index is 12.1. The topological polar surface area (TPSA) is 108 Å². The number of nitro groups is 1. The predicted molar refractivity (Wildman–Crippen MR) is 84.5 cm³/mol. The van der Waals surface area contributed by atoms with Gasteiger partial charge in [0.15, 0.2) is 6.10 Å². The van der Waals surface area contributed by atoms with Crippen molar-refractivity contribution >= 4 is 23.0 Å². The lowest BCUT2D eigenvalue weighted by Crippen LogP contribution is -2.09. The number of hydrogen-bond donors (Lipinski definition) is 0. The van der Waals surface area contributed by atoms with Crippen molar-refractivity contribution in [1.82, 2.24) is 10.2 Å². The molecule has 0 amide bonds. The normalized spacial score (nSPS) is 11.9. The van der Waals surface area contributed by atoms with E-state index in [2.05, 4.69) is 10.2 Å². The summed E-state index contributed by atoms with van der Waals surface area (Å²) in [4.78, 5) is 23.0. The average molecular weight is 345 g/mol. The lowest BCUT2D eigenvalue weighted by Gasteiger charge is -2.09. The molecule has 1 atom stereocenters. The Morgan fingerprint density at radius 3 is 2.67 bits per heavy atom. The number of esters is 1. The van der Waals surface area contributed by atoms with Crippen LogP contribution in [0.15, 0.2) is 46.2 Å². The molecule has 3 rings (SSSR count). The summed E-state index contributed by atoms with van der Waals surface area (Å²) in [6.45, 7) is 1.61. The maximum atomic E-state index is 12.1. The highest BCUT2D eigenvalue weighted by molar-refractivity contribution is 7.13. The van der Waals surface area contributed by atoms with Crippen LogP contribution in [-0.2, 0) is 4.74 Å². The number of thiophene rings is 1. The fraction of sp³-hybridized carbons (Fsp3) is 0.133. The molecule has 0 saturated carbocycles. The number of ether oxygens (including phenoxy) is 1. The largest absolute Gasteiger partial charge is 0.449 e. The van der Waals surface area contributed by atoms with Crippen LogP contribution in [0, 0.1) is 10.1 Å². The van der Waals surface area contributed by atoms with E-state index in [1.165, 1.54) is 35.6 Å². The van der Waals surface area contributed by atoms with Crippen molar-refractivity contribution in [3.8, 4) is 10.8 Å². The van der Waals surface area contributed by atoms with Crippen molar-refractivity contribution in [2.75, 3.05) is 0 Å². The second-order valence-electron chi connectivity index (χ2n) is 4.77. The van der Waals surface area contributed by atoms with Gasteiger partial charge in [0.1, 0.15) is 0 Å². The molecule has 0 aliphatic rings. The molecule has 0 aliphatic heterocycles. The quantitative estimate of drug-likeness (QED) is 0.394. The number of hydrogen-bond acceptors (Lipinski definition) is 8. The maximum Gasteiger partial charge on any atom is 0.338 e. The number of non-ortho nitro benzene ring substituents is 1. The molecule has 0 fully saturated rings. The van der Waals surface area contributed by atoms with Gasteiger partial charge in [-0.3, -0.25) is 10.1 Å². The molecule has 9 heteroatoms. The SMILES string of the molecule is C[C@H](OC(=O)c1ccc([N+](=O)[O-])cc1)c1nnc(-c2cccs2)o1. The van der Waals surface area contributed by atoms with Crippen LogP contribution < -0.4 is 0 Å². The summed E-state index contributed by atoms with van der Waals surface area (Å²) in [5.74, 6) is -0.0971. The number of nitro benzene ring substituents is 1. The van der Waals surface area contributed by atoms with E-state index in [0.717, 1.165) is 4.88 Å². The Balaban J connectivity index is 1.69. The minimum Gasteiger partial charge on any atom is -0.449 e. The van der Waals surface area contributed by atoms with Crippen LogP contribution in [-0.4, -0.2) is 21.1 Å². The highest BCUT2D eigenvalue weighted by Gasteiger charge is 2.20. The summed E-state index contributed by atoms with van der Waals surface area (Å²) in [6, 6.07) is 8.85. The van der Waals surface area contributed by atoms with Gasteiger partial charge in [0.2, 0.25) is 0 Å². The molecule has 0 spiro atoms. The van der Waals surface area contributed by atoms with E-state index in [1.54, 1.807) is 6.92 Å². The van der Waals surface area contributed by atoms with E-state index in [9.17, 15) is 14.9 Å². The second-order valence-corrected chi connectivity index (χ2v) is 5.72. The van der Waals surface area contributed by atoms with Gasteiger partial charge in [0.25, 0.3) is 17.5 Å². The predicted octanol–water partition coefficient (Wildman–Crippen LogP) is 3.62. The zero-order valence-corrected chi connectivity index (χ0v) is 13.2. The average Bonchev–Trinajstić information content (AvgIpc) is 3.26. The second kappa shape index (κ2) is 6.59. The molecule has 0 aliphatic carbocycles. The number of benzene rings is 1. The van der Waals surface area contributed by atoms with E-state index >= 15 is 0 Å². The van der Waals surface area contributed by atoms with Crippen molar-refractivity contribution in [3.63, 3.8) is 0 Å². The zero-order valence-electron chi connectivity index (χ0n) is 12.4. The number of rotatable bonds is 5. The lowest BCUT2D eigenvalue weighted by atomic mass is 10.2. The van der Waals surface area contributed by atoms with E-state index in [1.807, 2.05) is 17.5 Å². The third-order valence-electron chi connectivity index (χ3n) is 3.12. The molecule has 0 radical (unpaired) electrons. The Morgan fingerprint density at radius 2 is 2.04 bits per heavy atom. The minimum absolute atomic E-state index is 0.0999. The molecule has 3 aromatic rings. The van der Waals surface area contributed by atoms with Crippen LogP contribution in [0.4, 0.5) is 5.69 Å². The minimum atomic E-state index is -0.742. The summed E-state index contributed by atoms with van der Waals surface area (Å²) in [7, 11) is 0. The molecule has 0 unspecified atom stereocenters. The summed E-state index contributed by atoms with van der Waals surface area (Å²) < 4.78 is 10.8. The Kier molecular flexibility index (Phi) is 4.34. The Morgan fingerprint density at radius 1 is 1.29 bits per heavy atom. The van der Waals surface area contributed by atoms with Crippen LogP contribution in [0.5, 0.6) is 0 Å². The van der Waals surface area contributed by atoms with Crippen molar-refractivity contribution in [2.45, 2.75) is 13.0 Å². The summed E-state index contributed by atoms with van der Waals surface area (Å²) in [6.07, 6.45) is -0.742. The Bertz CT molecular complexity index is 858. The number of aromatic nitrogens is 2. The Labute approximate surface area is 139 Å². The lowest BCUT2D eigenvalue weighted by molar-refractivity contribution is -0.384. The number of carbonyl (C=O) groups is 1. The van der Waals surface area contributed by atoms with Crippen molar-refractivity contribution in [3.05, 3.63) is 63.3 Å². The van der Waals surface area contributed by atoms with Gasteiger partial charge in [0, 0.05) is 12.1 Å². The zero-order chi connectivity index (χ0) is 17.1. The van der Waals surface area contributed by atoms with Gasteiger partial charge < -0.3 is 9.15 Å². The molecule has 2 aromatic heterocycles.